The van der Waals surface area contributed by atoms with Gasteiger partial charge in [-0.3, -0.25) is 0 Å². The van der Waals surface area contributed by atoms with Crippen molar-refractivity contribution in [1.29, 1.82) is 0 Å². The van der Waals surface area contributed by atoms with Crippen LogP contribution in [-0.4, -0.2) is 40.9 Å². The molecule has 0 spiro atoms. The highest BCUT2D eigenvalue weighted by Gasteiger charge is 2.43. The van der Waals surface area contributed by atoms with Crippen molar-refractivity contribution in [3.05, 3.63) is 0 Å². The van der Waals surface area contributed by atoms with E-state index in [4.69, 9.17) is 21.0 Å². The summed E-state index contributed by atoms with van der Waals surface area (Å²) >= 11 is 0. The van der Waals surface area contributed by atoms with Crippen molar-refractivity contribution < 1.29 is 19.7 Å². The Kier molecular flexibility index (Phi) is 12.5. The van der Waals surface area contributed by atoms with Gasteiger partial charge in [-0.2, -0.15) is 0 Å². The molecule has 0 aromatic heterocycles. The fourth-order valence-electron chi connectivity index (χ4n) is 1.96. The zero-order valence-electron chi connectivity index (χ0n) is 17.7. The summed E-state index contributed by atoms with van der Waals surface area (Å²) in [6, 6.07) is 0. The number of aliphatic hydroxyl groups is 2. The van der Waals surface area contributed by atoms with Crippen LogP contribution in [0.5, 0.6) is 0 Å². The molecule has 0 radical (unpaired) electrons. The molecule has 1 fully saturated rings. The molecule has 0 aromatic carbocycles. The molecule has 3 atom stereocenters. The summed E-state index contributed by atoms with van der Waals surface area (Å²) in [4.78, 5) is 0. The van der Waals surface area contributed by atoms with Gasteiger partial charge in [0.2, 0.25) is 0 Å². The molecule has 0 aromatic rings. The largest absolute Gasteiger partial charge is 0.394 e. The molecular weight excluding hydrogens is 412 g/mol. The number of aliphatic hydroxyl groups excluding tert-OH is 2. The lowest BCUT2D eigenvalue weighted by Crippen LogP contribution is -2.37. The van der Waals surface area contributed by atoms with Crippen molar-refractivity contribution in [1.82, 2.24) is 0 Å². The molecule has 1 aliphatic heterocycles. The Morgan fingerprint density at radius 2 is 1.03 bits per heavy atom. The minimum atomic E-state index is -1.11. The molecule has 0 saturated carbocycles. The summed E-state index contributed by atoms with van der Waals surface area (Å²) in [6.45, 7) is 2.92. The highest BCUT2D eigenvalue weighted by Crippen LogP contribution is 2.29. The van der Waals surface area contributed by atoms with E-state index in [1.165, 1.54) is 0 Å². The second kappa shape index (κ2) is 15.8. The van der Waals surface area contributed by atoms with Gasteiger partial charge in [0.25, 0.3) is 0 Å². The van der Waals surface area contributed by atoms with E-state index in [0.29, 0.717) is 0 Å². The Bertz CT molecular complexity index is 1420. The number of rotatable bonds is 2. The molecule has 154 valence electrons. The van der Waals surface area contributed by atoms with Gasteiger partial charge in [-0.25, -0.2) is 0 Å². The van der Waals surface area contributed by atoms with Gasteiger partial charge in [0.15, 0.2) is 11.9 Å². The van der Waals surface area contributed by atoms with E-state index in [-0.39, 0.29) is 0 Å². The normalized spacial score (nSPS) is 15.8. The van der Waals surface area contributed by atoms with Gasteiger partial charge in [0, 0.05) is 23.7 Å². The van der Waals surface area contributed by atoms with Crippen LogP contribution in [0.15, 0.2) is 0 Å². The maximum Gasteiger partial charge on any atom is 0.165 e. The number of hydrogen-bond acceptors (Lipinski definition) is 4. The van der Waals surface area contributed by atoms with Crippen molar-refractivity contribution >= 4 is 0 Å². The lowest BCUT2D eigenvalue weighted by Gasteiger charge is -2.18. The van der Waals surface area contributed by atoms with E-state index in [1.807, 2.05) is 0 Å². The molecule has 1 rings (SSSR count). The lowest BCUT2D eigenvalue weighted by molar-refractivity contribution is -0.155. The SMILES string of the molecule is C#CC#CC#CC#CC#CC#CC#CC#CC#CC#CC#C[C@H]1OC(C)(C)O[C@H]1[C@@H](O)CO. The molecular formula is C29H14O4. The fourth-order valence-corrected chi connectivity index (χ4v) is 1.96. The van der Waals surface area contributed by atoms with E-state index in [1.54, 1.807) is 13.8 Å². The topological polar surface area (TPSA) is 58.9 Å². The monoisotopic (exact) mass is 426 g/mol. The maximum absolute atomic E-state index is 9.79. The van der Waals surface area contributed by atoms with E-state index in [0.717, 1.165) is 0 Å². The second-order valence-corrected chi connectivity index (χ2v) is 5.93. The van der Waals surface area contributed by atoms with Crippen LogP contribution in [0.1, 0.15) is 13.8 Å². The van der Waals surface area contributed by atoms with Crippen molar-refractivity contribution in [3.8, 4) is 131 Å². The zero-order valence-corrected chi connectivity index (χ0v) is 17.7. The maximum atomic E-state index is 9.79. The van der Waals surface area contributed by atoms with E-state index < -0.39 is 30.7 Å². The third kappa shape index (κ3) is 12.3. The van der Waals surface area contributed by atoms with Gasteiger partial charge >= 0.3 is 0 Å². The van der Waals surface area contributed by atoms with Crippen LogP contribution >= 0.6 is 0 Å². The first-order chi connectivity index (χ1) is 16.0. The Hall–Kier alpha value is -5.00. The van der Waals surface area contributed by atoms with Gasteiger partial charge in [-0.1, -0.05) is 5.92 Å². The Morgan fingerprint density at radius 3 is 1.39 bits per heavy atom. The highest BCUT2D eigenvalue weighted by atomic mass is 16.8. The predicted octanol–water partition coefficient (Wildman–Crippen LogP) is -0.473. The van der Waals surface area contributed by atoms with Crippen molar-refractivity contribution in [2.75, 3.05) is 6.61 Å². The van der Waals surface area contributed by atoms with Crippen molar-refractivity contribution in [2.24, 2.45) is 0 Å². The first-order valence-electron chi connectivity index (χ1n) is 9.11. The summed E-state index contributed by atoms with van der Waals surface area (Å²) < 4.78 is 11.1. The molecule has 0 bridgehead atoms. The van der Waals surface area contributed by atoms with Crippen LogP contribution in [0.25, 0.3) is 0 Å². The molecule has 0 aliphatic carbocycles. The standard InChI is InChI=1S/C29H14O4/c1-4-5-6-7-8-9-10-11-12-13-14-15-16-17-18-19-20-21-22-23-24-27-28(26(31)25-30)33-29(2,3)32-27/h1,26-28,30-31H,25H2,2-3H3/t26-,27+,28-/m0/s1. The van der Waals surface area contributed by atoms with Crippen molar-refractivity contribution in [3.63, 3.8) is 0 Å². The Morgan fingerprint density at radius 1 is 0.667 bits per heavy atom. The molecule has 0 amide bonds. The Balaban J connectivity index is 2.54. The van der Waals surface area contributed by atoms with Crippen LogP contribution in [0, 0.1) is 131 Å². The van der Waals surface area contributed by atoms with Crippen LogP contribution in [0.4, 0.5) is 0 Å². The minimum Gasteiger partial charge on any atom is -0.394 e. The Labute approximate surface area is 195 Å². The average molecular weight is 426 g/mol. The minimum absolute atomic E-state index is 0.463. The second-order valence-electron chi connectivity index (χ2n) is 5.93. The smallest absolute Gasteiger partial charge is 0.165 e. The summed E-state index contributed by atoms with van der Waals surface area (Å²) in [5.41, 5.74) is 0. The van der Waals surface area contributed by atoms with Gasteiger partial charge < -0.3 is 19.7 Å². The predicted molar refractivity (Wildman–Crippen MR) is 124 cm³/mol. The molecule has 1 heterocycles. The summed E-state index contributed by atoms with van der Waals surface area (Å²) in [7, 11) is 0. The fraction of sp³-hybridized carbons (Fsp3) is 0.241. The van der Waals surface area contributed by atoms with Gasteiger partial charge in [0.1, 0.15) is 12.2 Å². The van der Waals surface area contributed by atoms with Gasteiger partial charge in [-0.15, -0.1) is 6.42 Å². The van der Waals surface area contributed by atoms with Gasteiger partial charge in [0.05, 0.1) is 6.61 Å². The van der Waals surface area contributed by atoms with E-state index in [2.05, 4.69) is 124 Å². The van der Waals surface area contributed by atoms with Crippen molar-refractivity contribution in [2.45, 2.75) is 37.9 Å². The number of terminal acetylenes is 1. The zero-order chi connectivity index (χ0) is 24.2. The third-order valence-corrected chi connectivity index (χ3v) is 3.11. The van der Waals surface area contributed by atoms with Crippen LogP contribution in [0.2, 0.25) is 0 Å². The first-order valence-corrected chi connectivity index (χ1v) is 9.11. The molecule has 2 N–H and O–H groups in total. The van der Waals surface area contributed by atoms with Gasteiger partial charge in [-0.05, 0) is 109 Å². The molecule has 4 heteroatoms. The van der Waals surface area contributed by atoms with Crippen LogP contribution in [0.3, 0.4) is 0 Å². The molecule has 0 unspecified atom stereocenters. The van der Waals surface area contributed by atoms with Crippen LogP contribution in [-0.2, 0) is 9.47 Å². The summed E-state index contributed by atoms with van der Waals surface area (Å²) in [6.07, 6.45) is 2.33. The average Bonchev–Trinajstić information content (AvgIpc) is 3.11. The first kappa shape index (κ1) is 26.0. The molecule has 4 nitrogen and oxygen atoms in total. The van der Waals surface area contributed by atoms with E-state index >= 15 is 0 Å². The molecule has 33 heavy (non-hydrogen) atoms. The molecule has 1 saturated heterocycles. The molecule has 1 aliphatic rings. The highest BCUT2D eigenvalue weighted by molar-refractivity contribution is 5.47. The number of ether oxygens (including phenoxy) is 2. The lowest BCUT2D eigenvalue weighted by atomic mass is 10.1. The summed E-state index contributed by atoms with van der Waals surface area (Å²) in [5, 5.41) is 18.9. The van der Waals surface area contributed by atoms with E-state index in [9.17, 15) is 5.11 Å². The van der Waals surface area contributed by atoms with Crippen LogP contribution < -0.4 is 0 Å². The quantitative estimate of drug-likeness (QED) is 0.587. The third-order valence-electron chi connectivity index (χ3n) is 3.11. The summed E-state index contributed by atoms with van der Waals surface area (Å²) in [5.74, 6) is 51.0. The number of hydrogen-bond donors (Lipinski definition) is 2.